The number of piperazine rings is 1. The molecule has 3 aromatic rings. The number of carbonyl (C=O) groups is 2. The summed E-state index contributed by atoms with van der Waals surface area (Å²) >= 11 is 0. The van der Waals surface area contributed by atoms with Gasteiger partial charge < -0.3 is 15.3 Å². The Kier molecular flexibility index (Phi) is 7.62. The largest absolute Gasteiger partial charge is 0.478 e. The lowest BCUT2D eigenvalue weighted by molar-refractivity contribution is -0.137. The van der Waals surface area contributed by atoms with Gasteiger partial charge >= 0.3 is 12.1 Å². The van der Waals surface area contributed by atoms with Crippen LogP contribution in [0.15, 0.2) is 71.6 Å². The van der Waals surface area contributed by atoms with E-state index >= 15 is 0 Å². The van der Waals surface area contributed by atoms with E-state index in [1.165, 1.54) is 46.8 Å². The second-order valence-corrected chi connectivity index (χ2v) is 10.5. The van der Waals surface area contributed by atoms with Crippen molar-refractivity contribution in [2.45, 2.75) is 11.1 Å². The molecule has 0 bridgehead atoms. The van der Waals surface area contributed by atoms with Gasteiger partial charge in [-0.1, -0.05) is 12.1 Å². The third-order valence-electron chi connectivity index (χ3n) is 6.14. The van der Waals surface area contributed by atoms with Crippen molar-refractivity contribution in [1.82, 2.24) is 4.31 Å². The van der Waals surface area contributed by atoms with Crippen molar-refractivity contribution in [1.29, 1.82) is 5.26 Å². The summed E-state index contributed by atoms with van der Waals surface area (Å²) < 4.78 is 67.0. The van der Waals surface area contributed by atoms with E-state index < -0.39 is 33.6 Å². The number of halogens is 3. The molecule has 0 spiro atoms. The topological polar surface area (TPSA) is 131 Å². The van der Waals surface area contributed by atoms with Gasteiger partial charge in [0.05, 0.1) is 33.3 Å². The predicted molar refractivity (Wildman–Crippen MR) is 135 cm³/mol. The minimum absolute atomic E-state index is 0.0161. The van der Waals surface area contributed by atoms with E-state index in [1.807, 2.05) is 6.07 Å². The van der Waals surface area contributed by atoms with Crippen molar-refractivity contribution in [3.63, 3.8) is 0 Å². The van der Waals surface area contributed by atoms with E-state index in [-0.39, 0.29) is 53.5 Å². The molecule has 0 aromatic heterocycles. The molecule has 202 valence electrons. The van der Waals surface area contributed by atoms with Crippen molar-refractivity contribution in [3.05, 3.63) is 89.0 Å². The van der Waals surface area contributed by atoms with Crippen LogP contribution in [0, 0.1) is 11.3 Å². The molecule has 4 rings (SSSR count). The number of benzene rings is 3. The summed E-state index contributed by atoms with van der Waals surface area (Å²) in [6, 6.07) is 15.6. The summed E-state index contributed by atoms with van der Waals surface area (Å²) in [6.45, 7) is 0.360. The van der Waals surface area contributed by atoms with Gasteiger partial charge in [-0.15, -0.1) is 0 Å². The van der Waals surface area contributed by atoms with Gasteiger partial charge in [0.2, 0.25) is 10.0 Å². The van der Waals surface area contributed by atoms with Crippen LogP contribution in [0.5, 0.6) is 0 Å². The van der Waals surface area contributed by atoms with E-state index in [4.69, 9.17) is 5.26 Å². The average Bonchev–Trinajstić information content (AvgIpc) is 2.93. The van der Waals surface area contributed by atoms with Gasteiger partial charge in [0, 0.05) is 37.4 Å². The Bertz CT molecular complexity index is 1580. The molecule has 0 atom stereocenters. The Morgan fingerprint density at radius 1 is 0.949 bits per heavy atom. The molecule has 0 radical (unpaired) electrons. The fourth-order valence-corrected chi connectivity index (χ4v) is 5.58. The maximum absolute atomic E-state index is 13.3. The Morgan fingerprint density at radius 3 is 2.28 bits per heavy atom. The van der Waals surface area contributed by atoms with Crippen LogP contribution in [0.1, 0.15) is 31.8 Å². The highest BCUT2D eigenvalue weighted by atomic mass is 32.2. The second-order valence-electron chi connectivity index (χ2n) is 8.60. The predicted octanol–water partition coefficient (Wildman–Crippen LogP) is 4.04. The summed E-state index contributed by atoms with van der Waals surface area (Å²) in [5.74, 6) is -2.11. The minimum atomic E-state index is -4.49. The fourth-order valence-electron chi connectivity index (χ4n) is 4.11. The molecule has 1 aliphatic heterocycles. The number of carboxylic acids is 1. The maximum Gasteiger partial charge on any atom is 0.416 e. The van der Waals surface area contributed by atoms with Crippen LogP contribution in [0.4, 0.5) is 24.5 Å². The Hall–Kier alpha value is -4.41. The van der Waals surface area contributed by atoms with Gasteiger partial charge in [-0.25, -0.2) is 13.2 Å². The van der Waals surface area contributed by atoms with Crippen molar-refractivity contribution >= 4 is 33.3 Å². The molecular formula is C26H21F3N4O5S. The number of sulfonamides is 1. The highest BCUT2D eigenvalue weighted by Gasteiger charge is 2.32. The van der Waals surface area contributed by atoms with Gasteiger partial charge in [-0.05, 0) is 54.6 Å². The number of amides is 1. The molecule has 1 amide bonds. The number of rotatable bonds is 6. The molecule has 0 aliphatic carbocycles. The van der Waals surface area contributed by atoms with Gasteiger partial charge in [-0.2, -0.15) is 22.7 Å². The molecular weight excluding hydrogens is 537 g/mol. The number of nitriles is 1. The SMILES string of the molecule is N#Cc1ccc(NC(=O)c2cccc(S(=O)(=O)N3CCN(c4cccc(C(F)(F)F)c4)CC3)c2)c(C(=O)O)c1. The van der Waals surface area contributed by atoms with Gasteiger partial charge in [0.25, 0.3) is 5.91 Å². The van der Waals surface area contributed by atoms with Crippen LogP contribution in [-0.4, -0.2) is 55.9 Å². The molecule has 9 nitrogen and oxygen atoms in total. The molecule has 1 heterocycles. The molecule has 1 fully saturated rings. The first-order valence-corrected chi connectivity index (χ1v) is 13.0. The first-order valence-electron chi connectivity index (χ1n) is 11.5. The maximum atomic E-state index is 13.3. The quantitative estimate of drug-likeness (QED) is 0.467. The van der Waals surface area contributed by atoms with Crippen LogP contribution in [0.2, 0.25) is 0 Å². The second kappa shape index (κ2) is 10.8. The average molecular weight is 559 g/mol. The molecule has 1 saturated heterocycles. The van der Waals surface area contributed by atoms with Crippen LogP contribution in [-0.2, 0) is 16.2 Å². The number of anilines is 2. The number of hydrogen-bond acceptors (Lipinski definition) is 6. The molecule has 13 heteroatoms. The number of nitrogens with zero attached hydrogens (tertiary/aromatic N) is 3. The zero-order valence-corrected chi connectivity index (χ0v) is 21.0. The van der Waals surface area contributed by atoms with E-state index in [9.17, 15) is 36.3 Å². The first-order chi connectivity index (χ1) is 18.4. The van der Waals surface area contributed by atoms with Gasteiger partial charge in [0.1, 0.15) is 0 Å². The molecule has 39 heavy (non-hydrogen) atoms. The number of nitrogens with one attached hydrogen (secondary N) is 1. The van der Waals surface area contributed by atoms with E-state index in [1.54, 1.807) is 4.90 Å². The summed E-state index contributed by atoms with van der Waals surface area (Å²) in [4.78, 5) is 25.9. The third kappa shape index (κ3) is 6.02. The third-order valence-corrected chi connectivity index (χ3v) is 8.03. The van der Waals surface area contributed by atoms with Crippen molar-refractivity contribution in [2.24, 2.45) is 0 Å². The lowest BCUT2D eigenvalue weighted by Gasteiger charge is -2.35. The van der Waals surface area contributed by atoms with Crippen LogP contribution in [0.25, 0.3) is 0 Å². The van der Waals surface area contributed by atoms with Crippen LogP contribution in [0.3, 0.4) is 0 Å². The summed E-state index contributed by atoms with van der Waals surface area (Å²) in [5, 5.41) is 20.8. The van der Waals surface area contributed by atoms with Gasteiger partial charge in [0.15, 0.2) is 0 Å². The molecule has 2 N–H and O–H groups in total. The number of alkyl halides is 3. The zero-order valence-electron chi connectivity index (χ0n) is 20.1. The first kappa shape index (κ1) is 27.6. The fraction of sp³-hybridized carbons (Fsp3) is 0.192. The van der Waals surface area contributed by atoms with Gasteiger partial charge in [-0.3, -0.25) is 4.79 Å². The highest BCUT2D eigenvalue weighted by Crippen LogP contribution is 2.32. The summed E-state index contributed by atoms with van der Waals surface area (Å²) in [7, 11) is -4.04. The number of hydrogen-bond donors (Lipinski definition) is 2. The number of aromatic carboxylic acids is 1. The van der Waals surface area contributed by atoms with Crippen LogP contribution < -0.4 is 10.2 Å². The van der Waals surface area contributed by atoms with E-state index in [0.717, 1.165) is 24.3 Å². The zero-order chi connectivity index (χ0) is 28.4. The Balaban J connectivity index is 1.49. The van der Waals surface area contributed by atoms with Crippen molar-refractivity contribution in [3.8, 4) is 6.07 Å². The molecule has 0 saturated carbocycles. The van der Waals surface area contributed by atoms with E-state index in [0.29, 0.717) is 5.69 Å². The molecule has 1 aliphatic rings. The standard InChI is InChI=1S/C26H21F3N4O5S/c27-26(28,29)19-4-2-5-20(15-19)32-9-11-33(12-10-32)39(37,38)21-6-1-3-18(14-21)24(34)31-23-8-7-17(16-30)13-22(23)25(35)36/h1-8,13-15H,9-12H2,(H,31,34)(H,35,36). The Labute approximate surface area is 221 Å². The Morgan fingerprint density at radius 2 is 1.64 bits per heavy atom. The molecule has 0 unspecified atom stereocenters. The monoisotopic (exact) mass is 558 g/mol. The smallest absolute Gasteiger partial charge is 0.416 e. The van der Waals surface area contributed by atoms with E-state index in [2.05, 4.69) is 5.32 Å². The molecule has 3 aromatic carbocycles. The lowest BCUT2D eigenvalue weighted by Crippen LogP contribution is -2.48. The summed E-state index contributed by atoms with van der Waals surface area (Å²) in [6.07, 6.45) is -4.49. The highest BCUT2D eigenvalue weighted by molar-refractivity contribution is 7.89. The number of carbonyl (C=O) groups excluding carboxylic acids is 1. The summed E-state index contributed by atoms with van der Waals surface area (Å²) in [5.41, 5.74) is -0.771. The van der Waals surface area contributed by atoms with Crippen molar-refractivity contribution < 1.29 is 36.3 Å². The lowest BCUT2D eigenvalue weighted by atomic mass is 10.1. The van der Waals surface area contributed by atoms with Crippen LogP contribution >= 0.6 is 0 Å². The number of carboxylic acid groups (broad SMARTS) is 1. The van der Waals surface area contributed by atoms with Crippen molar-refractivity contribution in [2.75, 3.05) is 36.4 Å². The minimum Gasteiger partial charge on any atom is -0.478 e. The normalized spacial score (nSPS) is 14.5.